The second kappa shape index (κ2) is 34.4. The molecule has 0 aromatic rings. The fraction of sp³-hybridized carbons (Fsp3) is 1.00. The molecule has 0 fully saturated rings. The van der Waals surface area contributed by atoms with Crippen molar-refractivity contribution in [1.29, 1.82) is 0 Å². The molecule has 0 aromatic heterocycles. The number of hydrogen-bond acceptors (Lipinski definition) is 1. The van der Waals surface area contributed by atoms with Gasteiger partial charge in [-0.2, -0.15) is 0 Å². The molecule has 3 heteroatoms. The summed E-state index contributed by atoms with van der Waals surface area (Å²) < 4.78 is 1.12. The summed E-state index contributed by atoms with van der Waals surface area (Å²) in [5, 5.41) is 8.59. The molecule has 0 bridgehead atoms. The molecule has 0 radical (unpaired) electrons. The number of aliphatic hydroxyl groups is 1. The summed E-state index contributed by atoms with van der Waals surface area (Å²) in [5.74, 6) is 0. The van der Waals surface area contributed by atoms with Crippen LogP contribution in [0.3, 0.4) is 0 Å². The number of quaternary nitrogens is 1. The van der Waals surface area contributed by atoms with E-state index in [1.165, 1.54) is 161 Å². The first-order chi connectivity index (χ1) is 16.5. The topological polar surface area (TPSA) is 20.2 Å². The van der Waals surface area contributed by atoms with E-state index in [1.807, 2.05) is 0 Å². The smallest absolute Gasteiger partial charge is 0.0780 e. The predicted octanol–water partition coefficient (Wildman–Crippen LogP) is 7.47. The lowest BCUT2D eigenvalue weighted by atomic mass is 10.0. The zero-order valence-electron chi connectivity index (χ0n) is 25.4. The van der Waals surface area contributed by atoms with E-state index in [1.54, 1.807) is 0 Å². The van der Waals surface area contributed by atoms with Crippen LogP contribution in [0.15, 0.2) is 0 Å². The van der Waals surface area contributed by atoms with Gasteiger partial charge in [0.05, 0.1) is 27.7 Å². The largest absolute Gasteiger partial charge is 1.00 e. The van der Waals surface area contributed by atoms with Gasteiger partial charge in [-0.1, -0.05) is 155 Å². The maximum Gasteiger partial charge on any atom is 0.0780 e. The van der Waals surface area contributed by atoms with Crippen LogP contribution in [0.25, 0.3) is 0 Å². The Morgan fingerprint density at radius 3 is 0.829 bits per heavy atom. The third kappa shape index (κ3) is 44.8. The molecule has 0 spiro atoms. The van der Waals surface area contributed by atoms with E-state index in [0.717, 1.165) is 10.9 Å². The van der Waals surface area contributed by atoms with Gasteiger partial charge in [0.15, 0.2) is 0 Å². The van der Waals surface area contributed by atoms with Crippen molar-refractivity contribution in [3.8, 4) is 0 Å². The standard InChI is InChI=1S/C19H42N.C13H28O.BrH/c1-5-6-7-8-9-10-11-12-13-14-15-16-17-18-19-20(2,3)4;1-2-3-4-5-6-7-8-9-10-11-12-13-14;/h5-19H2,1-4H3;14H,2-13H2,1H3;1H/q+1;;/p-1. The quantitative estimate of drug-likeness (QED) is 0.0854. The second-order valence-corrected chi connectivity index (χ2v) is 11.9. The van der Waals surface area contributed by atoms with E-state index in [2.05, 4.69) is 35.0 Å². The van der Waals surface area contributed by atoms with Crippen LogP contribution in [0.5, 0.6) is 0 Å². The second-order valence-electron chi connectivity index (χ2n) is 11.9. The van der Waals surface area contributed by atoms with E-state index in [4.69, 9.17) is 5.11 Å². The molecule has 0 rings (SSSR count). The maximum atomic E-state index is 8.59. The van der Waals surface area contributed by atoms with Gasteiger partial charge in [0.2, 0.25) is 0 Å². The van der Waals surface area contributed by atoms with Crippen molar-refractivity contribution in [2.45, 2.75) is 174 Å². The van der Waals surface area contributed by atoms with Gasteiger partial charge in [0.1, 0.15) is 0 Å². The summed E-state index contributed by atoms with van der Waals surface area (Å²) in [6.07, 6.45) is 35.1. The van der Waals surface area contributed by atoms with Gasteiger partial charge in [-0.05, 0) is 19.3 Å². The van der Waals surface area contributed by atoms with Crippen LogP contribution in [0, 0.1) is 0 Å². The number of halogens is 1. The summed E-state index contributed by atoms with van der Waals surface area (Å²) in [6.45, 7) is 6.26. The maximum absolute atomic E-state index is 8.59. The summed E-state index contributed by atoms with van der Waals surface area (Å²) in [6, 6.07) is 0. The lowest BCUT2D eigenvalue weighted by Crippen LogP contribution is -3.00. The van der Waals surface area contributed by atoms with Crippen LogP contribution < -0.4 is 17.0 Å². The van der Waals surface area contributed by atoms with Gasteiger partial charge < -0.3 is 26.6 Å². The van der Waals surface area contributed by atoms with Crippen LogP contribution in [-0.2, 0) is 0 Å². The lowest BCUT2D eigenvalue weighted by Gasteiger charge is -2.23. The molecule has 0 atom stereocenters. The zero-order chi connectivity index (χ0) is 25.6. The number of hydrogen-bond donors (Lipinski definition) is 1. The normalized spacial score (nSPS) is 11.1. The highest BCUT2D eigenvalue weighted by molar-refractivity contribution is 4.49. The van der Waals surface area contributed by atoms with Gasteiger partial charge in [-0.3, -0.25) is 0 Å². The van der Waals surface area contributed by atoms with E-state index in [0.29, 0.717) is 6.61 Å². The van der Waals surface area contributed by atoms with Gasteiger partial charge >= 0.3 is 0 Å². The molecule has 0 aliphatic carbocycles. The fourth-order valence-corrected chi connectivity index (χ4v) is 4.56. The van der Waals surface area contributed by atoms with Crippen LogP contribution >= 0.6 is 0 Å². The van der Waals surface area contributed by atoms with Gasteiger partial charge in [0.25, 0.3) is 0 Å². The third-order valence-corrected chi connectivity index (χ3v) is 6.94. The van der Waals surface area contributed by atoms with Crippen LogP contribution in [-0.4, -0.2) is 43.9 Å². The van der Waals surface area contributed by atoms with Crippen molar-refractivity contribution >= 4 is 0 Å². The Balaban J connectivity index is -0.000000603. The number of unbranched alkanes of at least 4 members (excludes halogenated alkanes) is 23. The van der Waals surface area contributed by atoms with Gasteiger partial charge in [-0.15, -0.1) is 0 Å². The molecule has 216 valence electrons. The summed E-state index contributed by atoms with van der Waals surface area (Å²) in [4.78, 5) is 0. The summed E-state index contributed by atoms with van der Waals surface area (Å²) in [7, 11) is 6.88. The first kappa shape index (κ1) is 39.9. The summed E-state index contributed by atoms with van der Waals surface area (Å²) >= 11 is 0. The predicted molar refractivity (Wildman–Crippen MR) is 157 cm³/mol. The SMILES string of the molecule is CCCCCCCCCCCCCCCC[N+](C)(C)C.CCCCCCCCCCCCCO.[Br-]. The Morgan fingerprint density at radius 2 is 0.600 bits per heavy atom. The van der Waals surface area contributed by atoms with E-state index in [-0.39, 0.29) is 17.0 Å². The molecule has 0 heterocycles. The van der Waals surface area contributed by atoms with Crippen LogP contribution in [0.2, 0.25) is 0 Å². The van der Waals surface area contributed by atoms with Crippen molar-refractivity contribution in [3.05, 3.63) is 0 Å². The number of nitrogens with zero attached hydrogens (tertiary/aromatic N) is 1. The highest BCUT2D eigenvalue weighted by Crippen LogP contribution is 2.13. The molecule has 0 aliphatic heterocycles. The Morgan fingerprint density at radius 1 is 0.371 bits per heavy atom. The van der Waals surface area contributed by atoms with Crippen LogP contribution in [0.4, 0.5) is 0 Å². The van der Waals surface area contributed by atoms with Gasteiger partial charge in [0, 0.05) is 6.61 Å². The average Bonchev–Trinajstić information content (AvgIpc) is 2.80. The first-order valence-corrected chi connectivity index (χ1v) is 15.9. The third-order valence-electron chi connectivity index (χ3n) is 6.94. The molecular weight excluding hydrogens is 494 g/mol. The Labute approximate surface area is 234 Å². The average molecular weight is 565 g/mol. The molecule has 0 aromatic carbocycles. The van der Waals surface area contributed by atoms with E-state index >= 15 is 0 Å². The summed E-state index contributed by atoms with van der Waals surface area (Å²) in [5.41, 5.74) is 0. The minimum atomic E-state index is 0. The molecule has 0 saturated heterocycles. The van der Waals surface area contributed by atoms with Crippen molar-refractivity contribution in [1.82, 2.24) is 0 Å². The Hall–Kier alpha value is 0.400. The molecule has 0 saturated carbocycles. The van der Waals surface area contributed by atoms with Crippen molar-refractivity contribution in [3.63, 3.8) is 0 Å². The first-order valence-electron chi connectivity index (χ1n) is 15.9. The highest BCUT2D eigenvalue weighted by atomic mass is 79.9. The fourth-order valence-electron chi connectivity index (χ4n) is 4.56. The lowest BCUT2D eigenvalue weighted by molar-refractivity contribution is -0.870. The number of aliphatic hydroxyl groups excluding tert-OH is 1. The molecule has 35 heavy (non-hydrogen) atoms. The van der Waals surface area contributed by atoms with Crippen molar-refractivity contribution in [2.75, 3.05) is 34.3 Å². The van der Waals surface area contributed by atoms with E-state index in [9.17, 15) is 0 Å². The molecule has 2 nitrogen and oxygen atoms in total. The van der Waals surface area contributed by atoms with E-state index < -0.39 is 0 Å². The Kier molecular flexibility index (Phi) is 39.2. The molecule has 0 amide bonds. The Bertz CT molecular complexity index is 331. The van der Waals surface area contributed by atoms with Crippen LogP contribution in [0.1, 0.15) is 174 Å². The molecule has 0 aliphatic rings. The minimum Gasteiger partial charge on any atom is -1.00 e. The van der Waals surface area contributed by atoms with Gasteiger partial charge in [-0.25, -0.2) is 0 Å². The zero-order valence-corrected chi connectivity index (χ0v) is 27.0. The molecule has 0 unspecified atom stereocenters. The monoisotopic (exact) mass is 563 g/mol. The van der Waals surface area contributed by atoms with Crippen molar-refractivity contribution in [2.24, 2.45) is 0 Å². The minimum absolute atomic E-state index is 0. The van der Waals surface area contributed by atoms with Crippen molar-refractivity contribution < 1.29 is 26.6 Å². The highest BCUT2D eigenvalue weighted by Gasteiger charge is 2.04. The molecule has 1 N–H and O–H groups in total. The number of rotatable bonds is 26. The molecular formula is C32H70BrNO.